The lowest BCUT2D eigenvalue weighted by atomic mass is 10.2. The zero-order chi connectivity index (χ0) is 18.5. The average Bonchev–Trinajstić information content (AvgIpc) is 3.58. The van der Waals surface area contributed by atoms with Crippen LogP contribution in [0.25, 0.3) is 0 Å². The molecule has 2 aromatic heterocycles. The monoisotopic (exact) mass is 371 g/mol. The largest absolute Gasteiger partial charge is 0.371 e. The Morgan fingerprint density at radius 1 is 1.26 bits per heavy atom. The summed E-state index contributed by atoms with van der Waals surface area (Å²) in [6.45, 7) is 1.47. The van der Waals surface area contributed by atoms with E-state index in [9.17, 15) is 9.90 Å². The van der Waals surface area contributed by atoms with E-state index in [1.807, 2.05) is 10.7 Å². The predicted octanol–water partition coefficient (Wildman–Crippen LogP) is 0.778. The van der Waals surface area contributed by atoms with Crippen LogP contribution in [-0.4, -0.2) is 48.6 Å². The third-order valence-electron chi connectivity index (χ3n) is 5.68. The standard InChI is InChI=1S/C18H25N7O2/c1-23-15-8-14(12-4-5-12)21-25(15)7-6-13(18(23)27)20-17(26)16-19-10-24(22-16)9-11-2-3-11/h8,10-13,17,20,26H,2-7,9H2,1H3. The smallest absolute Gasteiger partial charge is 0.245 e. The Labute approximate surface area is 157 Å². The molecule has 27 heavy (non-hydrogen) atoms. The van der Waals surface area contributed by atoms with Gasteiger partial charge in [0.2, 0.25) is 5.91 Å². The maximum atomic E-state index is 12.9. The number of hydrogen-bond acceptors (Lipinski definition) is 6. The van der Waals surface area contributed by atoms with Crippen LogP contribution in [0.3, 0.4) is 0 Å². The molecule has 1 amide bonds. The molecule has 0 bridgehead atoms. The molecule has 0 saturated heterocycles. The van der Waals surface area contributed by atoms with Gasteiger partial charge in [0, 0.05) is 32.1 Å². The maximum absolute atomic E-state index is 12.9. The SMILES string of the molecule is CN1C(=O)C(NC(O)c2ncn(CC3CC3)n2)CCn2nc(C3CC3)cc21. The summed E-state index contributed by atoms with van der Waals surface area (Å²) in [5, 5.41) is 22.5. The highest BCUT2D eigenvalue weighted by atomic mass is 16.3. The summed E-state index contributed by atoms with van der Waals surface area (Å²) in [6.07, 6.45) is 5.97. The van der Waals surface area contributed by atoms with E-state index in [0.717, 1.165) is 18.1 Å². The Hall–Kier alpha value is -2.26. The third kappa shape index (κ3) is 3.37. The van der Waals surface area contributed by atoms with Gasteiger partial charge in [-0.25, -0.2) is 9.67 Å². The van der Waals surface area contributed by atoms with Gasteiger partial charge in [0.15, 0.2) is 12.1 Å². The minimum Gasteiger partial charge on any atom is -0.371 e. The van der Waals surface area contributed by atoms with E-state index in [4.69, 9.17) is 0 Å². The first-order valence-electron chi connectivity index (χ1n) is 9.77. The van der Waals surface area contributed by atoms with Crippen molar-refractivity contribution < 1.29 is 9.90 Å². The highest BCUT2D eigenvalue weighted by molar-refractivity contribution is 5.96. The zero-order valence-corrected chi connectivity index (χ0v) is 15.5. The molecule has 3 heterocycles. The molecular weight excluding hydrogens is 346 g/mol. The van der Waals surface area contributed by atoms with E-state index in [1.165, 1.54) is 25.7 Å². The number of carbonyl (C=O) groups excluding carboxylic acids is 1. The van der Waals surface area contributed by atoms with Crippen molar-refractivity contribution in [3.8, 4) is 0 Å². The third-order valence-corrected chi connectivity index (χ3v) is 5.68. The topological polar surface area (TPSA) is 101 Å². The van der Waals surface area contributed by atoms with E-state index in [-0.39, 0.29) is 5.91 Å². The fraction of sp³-hybridized carbons (Fsp3) is 0.667. The number of aromatic nitrogens is 5. The molecule has 5 rings (SSSR count). The van der Waals surface area contributed by atoms with Crippen molar-refractivity contribution in [3.63, 3.8) is 0 Å². The van der Waals surface area contributed by atoms with Gasteiger partial charge in [0.1, 0.15) is 12.1 Å². The Morgan fingerprint density at radius 3 is 2.81 bits per heavy atom. The summed E-state index contributed by atoms with van der Waals surface area (Å²) in [6, 6.07) is 1.52. The van der Waals surface area contributed by atoms with Crippen molar-refractivity contribution in [3.05, 3.63) is 23.9 Å². The second-order valence-corrected chi connectivity index (χ2v) is 8.00. The van der Waals surface area contributed by atoms with E-state index in [2.05, 4.69) is 20.5 Å². The molecule has 0 aromatic carbocycles. The van der Waals surface area contributed by atoms with Gasteiger partial charge < -0.3 is 5.11 Å². The first-order valence-corrected chi connectivity index (χ1v) is 9.77. The molecule has 2 N–H and O–H groups in total. The summed E-state index contributed by atoms with van der Waals surface area (Å²) in [7, 11) is 1.77. The summed E-state index contributed by atoms with van der Waals surface area (Å²) >= 11 is 0. The summed E-state index contributed by atoms with van der Waals surface area (Å²) in [5.41, 5.74) is 1.08. The van der Waals surface area contributed by atoms with Crippen molar-refractivity contribution >= 4 is 11.7 Å². The van der Waals surface area contributed by atoms with Crippen molar-refractivity contribution in [2.75, 3.05) is 11.9 Å². The number of amides is 1. The number of nitrogens with one attached hydrogen (secondary N) is 1. The van der Waals surface area contributed by atoms with Crippen LogP contribution < -0.4 is 10.2 Å². The van der Waals surface area contributed by atoms with Crippen molar-refractivity contribution in [1.82, 2.24) is 29.9 Å². The quantitative estimate of drug-likeness (QED) is 0.728. The lowest BCUT2D eigenvalue weighted by Crippen LogP contribution is -2.45. The van der Waals surface area contributed by atoms with Crippen LogP contribution >= 0.6 is 0 Å². The molecule has 2 saturated carbocycles. The Bertz CT molecular complexity index is 852. The molecule has 0 spiro atoms. The second kappa shape index (κ2) is 6.42. The highest BCUT2D eigenvalue weighted by Crippen LogP contribution is 2.40. The number of carbonyl (C=O) groups is 1. The molecule has 9 nitrogen and oxygen atoms in total. The number of hydrogen-bond donors (Lipinski definition) is 2. The number of aliphatic hydroxyl groups is 1. The number of nitrogens with zero attached hydrogens (tertiary/aromatic N) is 6. The molecule has 2 unspecified atom stereocenters. The Kier molecular flexibility index (Phi) is 4.01. The summed E-state index contributed by atoms with van der Waals surface area (Å²) < 4.78 is 3.68. The first kappa shape index (κ1) is 16.9. The lowest BCUT2D eigenvalue weighted by Gasteiger charge is -2.22. The minimum atomic E-state index is -1.07. The van der Waals surface area contributed by atoms with Gasteiger partial charge >= 0.3 is 0 Å². The number of fused-ring (bicyclic) bond motifs is 1. The molecule has 2 fully saturated rings. The number of anilines is 1. The molecule has 3 aliphatic rings. The second-order valence-electron chi connectivity index (χ2n) is 8.00. The van der Waals surface area contributed by atoms with Gasteiger partial charge in [-0.1, -0.05) is 0 Å². The van der Waals surface area contributed by atoms with Gasteiger partial charge in [-0.3, -0.25) is 19.7 Å². The fourth-order valence-electron chi connectivity index (χ4n) is 3.67. The molecule has 9 heteroatoms. The molecule has 144 valence electrons. The molecule has 2 atom stereocenters. The Balaban J connectivity index is 1.27. The van der Waals surface area contributed by atoms with Gasteiger partial charge in [-0.2, -0.15) is 10.2 Å². The summed E-state index contributed by atoms with van der Waals surface area (Å²) in [5.74, 6) is 2.30. The van der Waals surface area contributed by atoms with Crippen molar-refractivity contribution in [1.29, 1.82) is 0 Å². The Morgan fingerprint density at radius 2 is 2.07 bits per heavy atom. The van der Waals surface area contributed by atoms with Gasteiger partial charge in [0.25, 0.3) is 0 Å². The number of likely N-dealkylation sites (N-methyl/N-ethyl adjacent to an activating group) is 1. The van der Waals surface area contributed by atoms with Crippen LogP contribution in [0.1, 0.15) is 55.8 Å². The van der Waals surface area contributed by atoms with Crippen LogP contribution in [0.4, 0.5) is 5.82 Å². The van der Waals surface area contributed by atoms with Gasteiger partial charge in [-0.15, -0.1) is 0 Å². The summed E-state index contributed by atoms with van der Waals surface area (Å²) in [4.78, 5) is 18.7. The van der Waals surface area contributed by atoms with Gasteiger partial charge in [0.05, 0.1) is 11.7 Å². The molecule has 2 aliphatic carbocycles. The zero-order valence-electron chi connectivity index (χ0n) is 15.5. The normalized spacial score (nSPS) is 24.0. The van der Waals surface area contributed by atoms with Crippen LogP contribution in [0.5, 0.6) is 0 Å². The predicted molar refractivity (Wildman–Crippen MR) is 96.9 cm³/mol. The van der Waals surface area contributed by atoms with Crippen LogP contribution in [-0.2, 0) is 17.9 Å². The van der Waals surface area contributed by atoms with Crippen molar-refractivity contribution in [2.45, 2.75) is 63.4 Å². The maximum Gasteiger partial charge on any atom is 0.245 e. The molecule has 0 radical (unpaired) electrons. The van der Waals surface area contributed by atoms with Crippen LogP contribution in [0.15, 0.2) is 12.4 Å². The minimum absolute atomic E-state index is 0.0764. The van der Waals surface area contributed by atoms with Crippen molar-refractivity contribution in [2.24, 2.45) is 5.92 Å². The molecular formula is C18H25N7O2. The van der Waals surface area contributed by atoms with Crippen LogP contribution in [0.2, 0.25) is 0 Å². The van der Waals surface area contributed by atoms with E-state index < -0.39 is 12.3 Å². The number of rotatable bonds is 6. The van der Waals surface area contributed by atoms with E-state index >= 15 is 0 Å². The molecule has 1 aliphatic heterocycles. The first-order chi connectivity index (χ1) is 13.1. The molecule has 2 aromatic rings. The van der Waals surface area contributed by atoms with E-state index in [1.54, 1.807) is 23.0 Å². The number of aliphatic hydroxyl groups excluding tert-OH is 1. The van der Waals surface area contributed by atoms with Gasteiger partial charge in [-0.05, 0) is 38.0 Å². The number of aryl methyl sites for hydroxylation is 1. The van der Waals surface area contributed by atoms with E-state index in [0.29, 0.717) is 30.6 Å². The highest BCUT2D eigenvalue weighted by Gasteiger charge is 2.34. The lowest BCUT2D eigenvalue weighted by molar-refractivity contribution is -0.121. The average molecular weight is 371 g/mol. The fourth-order valence-corrected chi connectivity index (χ4v) is 3.67. The van der Waals surface area contributed by atoms with Crippen LogP contribution in [0, 0.1) is 5.92 Å².